The van der Waals surface area contributed by atoms with E-state index >= 15 is 0 Å². The number of halogens is 3. The molecule has 2 aromatic rings. The van der Waals surface area contributed by atoms with Crippen molar-refractivity contribution < 1.29 is 4.39 Å². The summed E-state index contributed by atoms with van der Waals surface area (Å²) in [5, 5.41) is 3.69. The largest absolute Gasteiger partial charge is 0.304 e. The van der Waals surface area contributed by atoms with Crippen LogP contribution in [-0.2, 0) is 6.54 Å². The Hall–Kier alpha value is -1.23. The fourth-order valence-electron chi connectivity index (χ4n) is 1.81. The topological polar surface area (TPSA) is 37.8 Å². The lowest BCUT2D eigenvalue weighted by atomic mass is 10.1. The van der Waals surface area contributed by atoms with Crippen LogP contribution in [0.5, 0.6) is 0 Å². The van der Waals surface area contributed by atoms with Crippen molar-refractivity contribution in [3.8, 4) is 0 Å². The van der Waals surface area contributed by atoms with E-state index in [0.717, 1.165) is 11.4 Å². The minimum atomic E-state index is -0.477. The lowest BCUT2D eigenvalue weighted by Crippen LogP contribution is -2.20. The zero-order chi connectivity index (χ0) is 14.7. The SMILES string of the molecule is Cc1cnc(CNC(C)c2c(Cl)ccc(F)c2Cl)cn1. The zero-order valence-corrected chi connectivity index (χ0v) is 12.6. The Morgan fingerprint density at radius 1 is 1.25 bits per heavy atom. The van der Waals surface area contributed by atoms with E-state index in [9.17, 15) is 4.39 Å². The molecule has 0 amide bonds. The molecule has 0 aliphatic carbocycles. The number of nitrogens with zero attached hydrogens (tertiary/aromatic N) is 2. The molecule has 1 aromatic carbocycles. The Balaban J connectivity index is 2.11. The van der Waals surface area contributed by atoms with Gasteiger partial charge in [0.1, 0.15) is 5.82 Å². The first-order chi connectivity index (χ1) is 9.49. The van der Waals surface area contributed by atoms with Gasteiger partial charge in [0, 0.05) is 35.6 Å². The van der Waals surface area contributed by atoms with Crippen molar-refractivity contribution in [2.75, 3.05) is 0 Å². The third kappa shape index (κ3) is 3.45. The van der Waals surface area contributed by atoms with Gasteiger partial charge in [0.25, 0.3) is 0 Å². The summed E-state index contributed by atoms with van der Waals surface area (Å²) in [6.45, 7) is 4.24. The number of aryl methyl sites for hydroxylation is 1. The van der Waals surface area contributed by atoms with Gasteiger partial charge in [-0.25, -0.2) is 4.39 Å². The molecule has 1 unspecified atom stereocenters. The highest BCUT2D eigenvalue weighted by atomic mass is 35.5. The molecule has 0 saturated carbocycles. The van der Waals surface area contributed by atoms with Crippen LogP contribution in [0.4, 0.5) is 4.39 Å². The fraction of sp³-hybridized carbons (Fsp3) is 0.286. The molecule has 106 valence electrons. The molecule has 1 atom stereocenters. The van der Waals surface area contributed by atoms with Crippen molar-refractivity contribution in [1.29, 1.82) is 0 Å². The van der Waals surface area contributed by atoms with Gasteiger partial charge in [-0.05, 0) is 26.0 Å². The molecule has 1 heterocycles. The highest BCUT2D eigenvalue weighted by Gasteiger charge is 2.16. The van der Waals surface area contributed by atoms with Crippen molar-refractivity contribution in [3.63, 3.8) is 0 Å². The van der Waals surface area contributed by atoms with Gasteiger partial charge >= 0.3 is 0 Å². The quantitative estimate of drug-likeness (QED) is 0.864. The lowest BCUT2D eigenvalue weighted by molar-refractivity contribution is 0.558. The molecule has 0 fully saturated rings. The second-order valence-corrected chi connectivity index (χ2v) is 5.29. The molecule has 2 rings (SSSR count). The molecule has 20 heavy (non-hydrogen) atoms. The van der Waals surface area contributed by atoms with E-state index in [-0.39, 0.29) is 11.1 Å². The smallest absolute Gasteiger partial charge is 0.142 e. The van der Waals surface area contributed by atoms with Crippen molar-refractivity contribution in [2.45, 2.75) is 26.4 Å². The lowest BCUT2D eigenvalue weighted by Gasteiger charge is -2.17. The Kier molecular flexibility index (Phi) is 4.91. The van der Waals surface area contributed by atoms with Crippen LogP contribution >= 0.6 is 23.2 Å². The van der Waals surface area contributed by atoms with Gasteiger partial charge in [-0.15, -0.1) is 0 Å². The molecular weight excluding hydrogens is 300 g/mol. The number of hydrogen-bond donors (Lipinski definition) is 1. The Morgan fingerprint density at radius 3 is 2.65 bits per heavy atom. The summed E-state index contributed by atoms with van der Waals surface area (Å²) in [4.78, 5) is 8.41. The van der Waals surface area contributed by atoms with Crippen LogP contribution in [0.2, 0.25) is 10.0 Å². The fourth-order valence-corrected chi connectivity index (χ4v) is 2.51. The van der Waals surface area contributed by atoms with Crippen LogP contribution in [0.3, 0.4) is 0 Å². The Labute approximate surface area is 127 Å². The maximum atomic E-state index is 13.5. The number of benzene rings is 1. The van der Waals surface area contributed by atoms with Gasteiger partial charge in [-0.3, -0.25) is 9.97 Å². The predicted octanol–water partition coefficient (Wildman–Crippen LogP) is 4.08. The highest BCUT2D eigenvalue weighted by Crippen LogP contribution is 2.32. The number of nitrogens with one attached hydrogen (secondary N) is 1. The highest BCUT2D eigenvalue weighted by molar-refractivity contribution is 6.36. The number of aromatic nitrogens is 2. The molecule has 6 heteroatoms. The molecule has 0 bridgehead atoms. The molecule has 0 aliphatic rings. The molecule has 0 radical (unpaired) electrons. The van der Waals surface area contributed by atoms with E-state index in [4.69, 9.17) is 23.2 Å². The summed E-state index contributed by atoms with van der Waals surface area (Å²) in [6, 6.07) is 2.56. The van der Waals surface area contributed by atoms with E-state index in [1.807, 2.05) is 13.8 Å². The summed E-state index contributed by atoms with van der Waals surface area (Å²) in [5.74, 6) is -0.477. The molecular formula is C14H14Cl2FN3. The zero-order valence-electron chi connectivity index (χ0n) is 11.1. The first-order valence-corrected chi connectivity index (χ1v) is 6.89. The average molecular weight is 314 g/mol. The van der Waals surface area contributed by atoms with Crippen molar-refractivity contribution in [2.24, 2.45) is 0 Å². The van der Waals surface area contributed by atoms with Crippen LogP contribution in [-0.4, -0.2) is 9.97 Å². The maximum absolute atomic E-state index is 13.5. The summed E-state index contributed by atoms with van der Waals surface area (Å²) in [6.07, 6.45) is 3.40. The van der Waals surface area contributed by atoms with Gasteiger partial charge < -0.3 is 5.32 Å². The standard InChI is InChI=1S/C14H14Cl2FN3/c1-8-5-20-10(6-18-8)7-19-9(2)13-11(15)3-4-12(17)14(13)16/h3-6,9,19H,7H2,1-2H3. The van der Waals surface area contributed by atoms with Crippen LogP contribution < -0.4 is 5.32 Å². The molecule has 3 nitrogen and oxygen atoms in total. The number of rotatable bonds is 4. The summed E-state index contributed by atoms with van der Waals surface area (Å²) in [7, 11) is 0. The predicted molar refractivity (Wildman–Crippen MR) is 78.4 cm³/mol. The Morgan fingerprint density at radius 2 is 2.00 bits per heavy atom. The van der Waals surface area contributed by atoms with Crippen molar-refractivity contribution >= 4 is 23.2 Å². The summed E-state index contributed by atoms with van der Waals surface area (Å²) < 4.78 is 13.5. The molecule has 0 spiro atoms. The van der Waals surface area contributed by atoms with Crippen LogP contribution in [0.15, 0.2) is 24.5 Å². The molecule has 0 aliphatic heterocycles. The molecule has 1 aromatic heterocycles. The van der Waals surface area contributed by atoms with Crippen LogP contribution in [0.25, 0.3) is 0 Å². The van der Waals surface area contributed by atoms with Crippen LogP contribution in [0.1, 0.15) is 29.9 Å². The second-order valence-electron chi connectivity index (χ2n) is 4.51. The van der Waals surface area contributed by atoms with E-state index in [2.05, 4.69) is 15.3 Å². The minimum Gasteiger partial charge on any atom is -0.304 e. The normalized spacial score (nSPS) is 12.4. The van der Waals surface area contributed by atoms with Gasteiger partial charge in [0.15, 0.2) is 0 Å². The maximum Gasteiger partial charge on any atom is 0.142 e. The minimum absolute atomic E-state index is 0.0486. The van der Waals surface area contributed by atoms with Gasteiger partial charge in [0.05, 0.1) is 16.4 Å². The molecule has 1 N–H and O–H groups in total. The van der Waals surface area contributed by atoms with E-state index in [1.165, 1.54) is 12.1 Å². The summed E-state index contributed by atoms with van der Waals surface area (Å²) >= 11 is 12.0. The van der Waals surface area contributed by atoms with E-state index in [0.29, 0.717) is 17.1 Å². The monoisotopic (exact) mass is 313 g/mol. The van der Waals surface area contributed by atoms with Crippen molar-refractivity contribution in [3.05, 3.63) is 57.3 Å². The van der Waals surface area contributed by atoms with E-state index < -0.39 is 5.82 Å². The van der Waals surface area contributed by atoms with Gasteiger partial charge in [0.2, 0.25) is 0 Å². The van der Waals surface area contributed by atoms with Crippen molar-refractivity contribution in [1.82, 2.24) is 15.3 Å². The van der Waals surface area contributed by atoms with E-state index in [1.54, 1.807) is 12.4 Å². The second kappa shape index (κ2) is 6.48. The molecule has 0 saturated heterocycles. The third-order valence-corrected chi connectivity index (χ3v) is 3.65. The first-order valence-electron chi connectivity index (χ1n) is 6.13. The third-order valence-electron chi connectivity index (χ3n) is 2.94. The van der Waals surface area contributed by atoms with Gasteiger partial charge in [-0.2, -0.15) is 0 Å². The number of hydrogen-bond acceptors (Lipinski definition) is 3. The summed E-state index contributed by atoms with van der Waals surface area (Å²) in [5.41, 5.74) is 2.21. The average Bonchev–Trinajstić information content (AvgIpc) is 2.43. The Bertz CT molecular complexity index is 602. The first kappa shape index (κ1) is 15.2. The van der Waals surface area contributed by atoms with Crippen LogP contribution in [0, 0.1) is 12.7 Å². The van der Waals surface area contributed by atoms with Gasteiger partial charge in [-0.1, -0.05) is 23.2 Å².